The van der Waals surface area contributed by atoms with Crippen molar-refractivity contribution in [1.29, 1.82) is 0 Å². The average molecular weight is 321 g/mol. The second-order valence-electron chi connectivity index (χ2n) is 5.55. The molecule has 0 spiro atoms. The fourth-order valence-electron chi connectivity index (χ4n) is 2.57. The normalized spacial score (nSPS) is 15.2. The molecule has 0 atom stereocenters. The maximum absolute atomic E-state index is 11.9. The third kappa shape index (κ3) is 5.01. The van der Waals surface area contributed by atoms with E-state index in [0.717, 1.165) is 18.4 Å². The zero-order chi connectivity index (χ0) is 16.7. The van der Waals surface area contributed by atoms with Crippen LogP contribution in [0.1, 0.15) is 48.2 Å². The lowest BCUT2D eigenvalue weighted by molar-refractivity contribution is -0.118. The smallest absolute Gasteiger partial charge is 0.280 e. The fourth-order valence-corrected chi connectivity index (χ4v) is 2.57. The van der Waals surface area contributed by atoms with Gasteiger partial charge in [0.1, 0.15) is 0 Å². The van der Waals surface area contributed by atoms with Crippen molar-refractivity contribution in [1.82, 2.24) is 10.3 Å². The van der Waals surface area contributed by atoms with Crippen LogP contribution in [0, 0.1) is 0 Å². The van der Waals surface area contributed by atoms with Crippen molar-refractivity contribution < 1.29 is 19.1 Å². The van der Waals surface area contributed by atoms with Gasteiger partial charge in [-0.3, -0.25) is 14.9 Å². The second-order valence-corrected chi connectivity index (χ2v) is 5.55. The van der Waals surface area contributed by atoms with Crippen LogP contribution < -0.4 is 15.8 Å². The highest BCUT2D eigenvalue weighted by atomic mass is 16.5. The molecule has 7 nitrogen and oxygen atoms in total. The van der Waals surface area contributed by atoms with Gasteiger partial charge in [-0.05, 0) is 24.5 Å². The number of carbonyl (C=O) groups is 2. The molecule has 0 unspecified atom stereocenters. The first-order valence-corrected chi connectivity index (χ1v) is 7.82. The summed E-state index contributed by atoms with van der Waals surface area (Å²) in [4.78, 5) is 27.2. The maximum atomic E-state index is 11.9. The first kappa shape index (κ1) is 17.4. The quantitative estimate of drug-likeness (QED) is 0.815. The third-order valence-electron chi connectivity index (χ3n) is 3.82. The van der Waals surface area contributed by atoms with Gasteiger partial charge >= 0.3 is 0 Å². The highest BCUT2D eigenvalue weighted by Crippen LogP contribution is 2.23. The first-order valence-electron chi connectivity index (χ1n) is 7.82. The van der Waals surface area contributed by atoms with E-state index in [1.54, 1.807) is 12.3 Å². The zero-order valence-electron chi connectivity index (χ0n) is 13.3. The predicted octanol–water partition coefficient (Wildman–Crippen LogP) is 1.15. The van der Waals surface area contributed by atoms with Crippen molar-refractivity contribution in [3.05, 3.63) is 23.5 Å². The number of carbonyl (C=O) groups excluding carboxylic acids is 2. The number of ether oxygens (including phenoxy) is 2. The molecular formula is C16H23N3O4. The van der Waals surface area contributed by atoms with Gasteiger partial charge in [-0.2, -0.15) is 0 Å². The Labute approximate surface area is 135 Å². The van der Waals surface area contributed by atoms with Gasteiger partial charge in [-0.1, -0.05) is 19.3 Å². The van der Waals surface area contributed by atoms with Gasteiger partial charge in [0.15, 0.2) is 11.4 Å². The minimum Gasteiger partial charge on any atom is -0.494 e. The molecule has 7 heteroatoms. The van der Waals surface area contributed by atoms with Crippen LogP contribution in [-0.4, -0.2) is 36.6 Å². The number of rotatable bonds is 6. The number of nitrogens with zero attached hydrogens (tertiary/aromatic N) is 1. The lowest BCUT2D eigenvalue weighted by Crippen LogP contribution is -2.36. The molecule has 3 N–H and O–H groups in total. The summed E-state index contributed by atoms with van der Waals surface area (Å²) in [7, 11) is 1.45. The van der Waals surface area contributed by atoms with Crippen molar-refractivity contribution in [2.75, 3.05) is 13.7 Å². The molecule has 0 aliphatic heterocycles. The number of hydrogen-bond donors (Lipinski definition) is 2. The van der Waals surface area contributed by atoms with E-state index in [-0.39, 0.29) is 12.2 Å². The largest absolute Gasteiger partial charge is 0.494 e. The van der Waals surface area contributed by atoms with Crippen molar-refractivity contribution >= 4 is 11.8 Å². The number of nitrogens with one attached hydrogen (secondary N) is 1. The standard InChI is InChI=1S/C16H23N3O4/c1-22-13-7-11(10-23-12-5-3-2-4-6-12)9-18-15(13)16(21)19-14(20)8-17/h7,9,12H,2-6,8,10,17H2,1H3,(H,19,20,21). The van der Waals surface area contributed by atoms with Gasteiger partial charge in [0.25, 0.3) is 5.91 Å². The Morgan fingerprint density at radius 1 is 1.35 bits per heavy atom. The molecule has 1 heterocycles. The Morgan fingerprint density at radius 2 is 2.09 bits per heavy atom. The predicted molar refractivity (Wildman–Crippen MR) is 84.0 cm³/mol. The summed E-state index contributed by atoms with van der Waals surface area (Å²) >= 11 is 0. The van der Waals surface area contributed by atoms with E-state index in [4.69, 9.17) is 15.2 Å². The molecule has 1 aromatic heterocycles. The fraction of sp³-hybridized carbons (Fsp3) is 0.562. The summed E-state index contributed by atoms with van der Waals surface area (Å²) in [6, 6.07) is 1.71. The molecule has 126 valence electrons. The number of pyridine rings is 1. The summed E-state index contributed by atoms with van der Waals surface area (Å²) in [5.74, 6) is -0.891. The second kappa shape index (κ2) is 8.59. The molecule has 0 bridgehead atoms. The number of hydrogen-bond acceptors (Lipinski definition) is 6. The molecule has 1 saturated carbocycles. The van der Waals surface area contributed by atoms with Gasteiger partial charge in [-0.15, -0.1) is 0 Å². The number of amides is 2. The molecule has 0 radical (unpaired) electrons. The number of methoxy groups -OCH3 is 1. The van der Waals surface area contributed by atoms with Gasteiger partial charge in [0.2, 0.25) is 5.91 Å². The van der Waals surface area contributed by atoms with Crippen LogP contribution in [0.4, 0.5) is 0 Å². The summed E-state index contributed by atoms with van der Waals surface area (Å²) in [5.41, 5.74) is 6.05. The van der Waals surface area contributed by atoms with Crippen LogP contribution in [0.25, 0.3) is 0 Å². The Hall–Kier alpha value is -1.99. The van der Waals surface area contributed by atoms with E-state index in [1.807, 2.05) is 0 Å². The Kier molecular flexibility index (Phi) is 6.49. The number of imide groups is 1. The van der Waals surface area contributed by atoms with Crippen LogP contribution in [0.15, 0.2) is 12.3 Å². The number of aromatic nitrogens is 1. The van der Waals surface area contributed by atoms with Crippen molar-refractivity contribution in [3.63, 3.8) is 0 Å². The SMILES string of the molecule is COc1cc(COC2CCCCC2)cnc1C(=O)NC(=O)CN. The maximum Gasteiger partial charge on any atom is 0.280 e. The number of nitrogens with two attached hydrogens (primary N) is 1. The lowest BCUT2D eigenvalue weighted by atomic mass is 9.98. The Balaban J connectivity index is 2.00. The minimum atomic E-state index is -0.628. The van der Waals surface area contributed by atoms with E-state index in [0.29, 0.717) is 18.5 Å². The summed E-state index contributed by atoms with van der Waals surface area (Å²) in [6.45, 7) is 0.166. The van der Waals surface area contributed by atoms with Crippen molar-refractivity contribution in [2.45, 2.75) is 44.8 Å². The van der Waals surface area contributed by atoms with Crippen LogP contribution >= 0.6 is 0 Å². The molecule has 1 aliphatic rings. The zero-order valence-corrected chi connectivity index (χ0v) is 13.3. The van der Waals surface area contributed by atoms with Crippen LogP contribution in [0.3, 0.4) is 0 Å². The Morgan fingerprint density at radius 3 is 2.74 bits per heavy atom. The highest BCUT2D eigenvalue weighted by molar-refractivity contribution is 6.05. The molecule has 1 aliphatic carbocycles. The summed E-state index contributed by atoms with van der Waals surface area (Å²) in [6.07, 6.45) is 7.73. The average Bonchev–Trinajstić information content (AvgIpc) is 2.60. The molecule has 0 aromatic carbocycles. The Bertz CT molecular complexity index is 556. The first-order chi connectivity index (χ1) is 11.1. The minimum absolute atomic E-state index is 0.0516. The lowest BCUT2D eigenvalue weighted by Gasteiger charge is -2.22. The molecule has 2 amide bonds. The van der Waals surface area contributed by atoms with Crippen molar-refractivity contribution in [3.8, 4) is 5.75 Å². The molecule has 0 saturated heterocycles. The molecule has 2 rings (SSSR count). The van der Waals surface area contributed by atoms with E-state index in [1.165, 1.54) is 26.4 Å². The van der Waals surface area contributed by atoms with Gasteiger partial charge in [-0.25, -0.2) is 4.98 Å². The van der Waals surface area contributed by atoms with Crippen LogP contribution in [0.5, 0.6) is 5.75 Å². The van der Waals surface area contributed by atoms with Crippen molar-refractivity contribution in [2.24, 2.45) is 5.73 Å². The molecule has 1 aromatic rings. The van der Waals surface area contributed by atoms with Crippen LogP contribution in [-0.2, 0) is 16.1 Å². The van der Waals surface area contributed by atoms with E-state index < -0.39 is 11.8 Å². The summed E-state index contributed by atoms with van der Waals surface area (Å²) in [5, 5.41) is 2.15. The monoisotopic (exact) mass is 321 g/mol. The third-order valence-corrected chi connectivity index (χ3v) is 3.82. The molecule has 23 heavy (non-hydrogen) atoms. The van der Waals surface area contributed by atoms with Gasteiger partial charge in [0, 0.05) is 6.20 Å². The van der Waals surface area contributed by atoms with Crippen LogP contribution in [0.2, 0.25) is 0 Å². The van der Waals surface area contributed by atoms with E-state index in [9.17, 15) is 9.59 Å². The summed E-state index contributed by atoms with van der Waals surface area (Å²) < 4.78 is 11.1. The molecular weight excluding hydrogens is 298 g/mol. The van der Waals surface area contributed by atoms with E-state index in [2.05, 4.69) is 10.3 Å². The highest BCUT2D eigenvalue weighted by Gasteiger charge is 2.18. The van der Waals surface area contributed by atoms with Gasteiger partial charge < -0.3 is 15.2 Å². The topological polar surface area (TPSA) is 104 Å². The van der Waals surface area contributed by atoms with Gasteiger partial charge in [0.05, 0.1) is 26.4 Å². The molecule has 1 fully saturated rings. The van der Waals surface area contributed by atoms with E-state index >= 15 is 0 Å².